The zero-order valence-electron chi connectivity index (χ0n) is 10.1. The maximum Gasteiger partial charge on any atom is 0.345 e. The van der Waals surface area contributed by atoms with Crippen molar-refractivity contribution in [3.63, 3.8) is 0 Å². The highest BCUT2D eigenvalue weighted by Crippen LogP contribution is 2.09. The number of aromatic amines is 1. The number of allylic oxidation sites excluding steroid dienone is 2. The maximum absolute atomic E-state index is 11.0. The molecule has 0 spiro atoms. The summed E-state index contributed by atoms with van der Waals surface area (Å²) < 4.78 is 0. The molecule has 1 N–H and O–H groups in total. The van der Waals surface area contributed by atoms with Crippen LogP contribution in [-0.2, 0) is 0 Å². The molecule has 0 fully saturated rings. The second-order valence-electron chi connectivity index (χ2n) is 2.85. The van der Waals surface area contributed by atoms with Gasteiger partial charge in [-0.15, -0.1) is 0 Å². The fraction of sp³-hybridized carbons (Fsp3) is 0.231. The van der Waals surface area contributed by atoms with E-state index in [2.05, 4.69) is 23.1 Å². The SMILES string of the molecule is C=C/C(C)=C\c1[nH]c(=O)ncc1C=C.CC. The Labute approximate surface area is 96.3 Å². The Morgan fingerprint density at radius 2 is 2.06 bits per heavy atom. The largest absolute Gasteiger partial charge is 0.345 e. The van der Waals surface area contributed by atoms with Crippen LogP contribution in [0.15, 0.2) is 35.8 Å². The van der Waals surface area contributed by atoms with E-state index in [-0.39, 0.29) is 5.69 Å². The number of H-pyrrole nitrogens is 1. The highest BCUT2D eigenvalue weighted by Gasteiger charge is 1.97. The van der Waals surface area contributed by atoms with Gasteiger partial charge in [-0.3, -0.25) is 0 Å². The molecule has 0 bridgehead atoms. The Morgan fingerprint density at radius 3 is 2.56 bits per heavy atom. The standard InChI is InChI=1S/C11H12N2O.C2H6/c1-4-8(3)6-10-9(5-2)7-12-11(14)13-10;1-2/h4-7H,1-2H2,3H3,(H,12,13,14);1-2H3/b8-6-;. The van der Waals surface area contributed by atoms with Gasteiger partial charge in [-0.2, -0.15) is 0 Å². The summed E-state index contributed by atoms with van der Waals surface area (Å²) in [5.41, 5.74) is 2.11. The van der Waals surface area contributed by atoms with Crippen molar-refractivity contribution in [3.05, 3.63) is 52.7 Å². The summed E-state index contributed by atoms with van der Waals surface area (Å²) in [6.07, 6.45) is 6.68. The summed E-state index contributed by atoms with van der Waals surface area (Å²) >= 11 is 0. The molecule has 86 valence electrons. The summed E-state index contributed by atoms with van der Waals surface area (Å²) in [6.45, 7) is 13.2. The van der Waals surface area contributed by atoms with Gasteiger partial charge in [-0.25, -0.2) is 9.78 Å². The van der Waals surface area contributed by atoms with E-state index in [1.54, 1.807) is 12.2 Å². The predicted molar refractivity (Wildman–Crippen MR) is 70.1 cm³/mol. The van der Waals surface area contributed by atoms with E-state index < -0.39 is 0 Å². The van der Waals surface area contributed by atoms with Crippen LogP contribution in [0.4, 0.5) is 0 Å². The van der Waals surface area contributed by atoms with E-state index in [1.807, 2.05) is 26.8 Å². The quantitative estimate of drug-likeness (QED) is 0.792. The van der Waals surface area contributed by atoms with Gasteiger partial charge in [0.1, 0.15) is 0 Å². The average Bonchev–Trinajstić information content (AvgIpc) is 2.32. The minimum absolute atomic E-state index is 0.362. The van der Waals surface area contributed by atoms with Gasteiger partial charge in [0, 0.05) is 11.8 Å². The number of hydrogen-bond donors (Lipinski definition) is 1. The molecule has 0 amide bonds. The Balaban J connectivity index is 0.00000106. The summed E-state index contributed by atoms with van der Waals surface area (Å²) in [7, 11) is 0. The van der Waals surface area contributed by atoms with Gasteiger partial charge in [0.25, 0.3) is 0 Å². The van der Waals surface area contributed by atoms with E-state index in [0.717, 1.165) is 11.1 Å². The maximum atomic E-state index is 11.0. The molecule has 0 radical (unpaired) electrons. The van der Waals surface area contributed by atoms with Crippen molar-refractivity contribution in [1.82, 2.24) is 9.97 Å². The molecule has 0 aliphatic heterocycles. The second kappa shape index (κ2) is 7.40. The Kier molecular flexibility index (Phi) is 6.52. The normalized spacial score (nSPS) is 10.1. The van der Waals surface area contributed by atoms with Gasteiger partial charge in [-0.05, 0) is 18.6 Å². The monoisotopic (exact) mass is 218 g/mol. The van der Waals surface area contributed by atoms with Crippen LogP contribution in [0, 0.1) is 0 Å². The number of hydrogen-bond acceptors (Lipinski definition) is 2. The lowest BCUT2D eigenvalue weighted by molar-refractivity contribution is 1.05. The molecule has 0 atom stereocenters. The number of rotatable bonds is 3. The molecule has 3 nitrogen and oxygen atoms in total. The van der Waals surface area contributed by atoms with Crippen LogP contribution in [0.2, 0.25) is 0 Å². The minimum Gasteiger partial charge on any atom is -0.305 e. The van der Waals surface area contributed by atoms with Crippen LogP contribution in [0.5, 0.6) is 0 Å². The smallest absolute Gasteiger partial charge is 0.305 e. The highest BCUT2D eigenvalue weighted by atomic mass is 16.1. The Bertz CT molecular complexity index is 441. The second-order valence-corrected chi connectivity index (χ2v) is 2.85. The van der Waals surface area contributed by atoms with E-state index in [9.17, 15) is 4.79 Å². The first-order chi connectivity index (χ1) is 7.67. The third-order valence-electron chi connectivity index (χ3n) is 1.79. The molecular formula is C13H18N2O. The summed E-state index contributed by atoms with van der Waals surface area (Å²) in [5, 5.41) is 0. The van der Waals surface area contributed by atoms with Crippen molar-refractivity contribution < 1.29 is 0 Å². The van der Waals surface area contributed by atoms with Gasteiger partial charge >= 0.3 is 5.69 Å². The van der Waals surface area contributed by atoms with Crippen LogP contribution < -0.4 is 5.69 Å². The topological polar surface area (TPSA) is 45.8 Å². The van der Waals surface area contributed by atoms with Crippen LogP contribution in [0.25, 0.3) is 12.2 Å². The Hall–Kier alpha value is -1.90. The minimum atomic E-state index is -0.362. The summed E-state index contributed by atoms with van der Waals surface area (Å²) in [6, 6.07) is 0. The van der Waals surface area contributed by atoms with Crippen molar-refractivity contribution in [2.45, 2.75) is 20.8 Å². The molecule has 3 heteroatoms. The van der Waals surface area contributed by atoms with Gasteiger partial charge in [0.05, 0.1) is 5.69 Å². The van der Waals surface area contributed by atoms with Gasteiger partial charge in [-0.1, -0.05) is 39.2 Å². The molecule has 1 heterocycles. The molecule has 0 unspecified atom stereocenters. The average molecular weight is 218 g/mol. The van der Waals surface area contributed by atoms with Crippen LogP contribution >= 0.6 is 0 Å². The summed E-state index contributed by atoms with van der Waals surface area (Å²) in [4.78, 5) is 17.2. The summed E-state index contributed by atoms with van der Waals surface area (Å²) in [5.74, 6) is 0. The molecular weight excluding hydrogens is 200 g/mol. The molecule has 0 aliphatic carbocycles. The molecule has 0 aromatic carbocycles. The van der Waals surface area contributed by atoms with Gasteiger partial charge in [0.15, 0.2) is 0 Å². The van der Waals surface area contributed by atoms with Crippen molar-refractivity contribution in [3.8, 4) is 0 Å². The van der Waals surface area contributed by atoms with Crippen LogP contribution in [-0.4, -0.2) is 9.97 Å². The van der Waals surface area contributed by atoms with Gasteiger partial charge < -0.3 is 4.98 Å². The zero-order chi connectivity index (χ0) is 12.6. The molecule has 0 aliphatic rings. The first-order valence-corrected chi connectivity index (χ1v) is 5.20. The fourth-order valence-corrected chi connectivity index (χ4v) is 0.986. The van der Waals surface area contributed by atoms with E-state index in [0.29, 0.717) is 5.69 Å². The third-order valence-corrected chi connectivity index (χ3v) is 1.79. The molecule has 0 saturated carbocycles. The molecule has 0 saturated heterocycles. The van der Waals surface area contributed by atoms with E-state index in [1.165, 1.54) is 6.20 Å². The lowest BCUT2D eigenvalue weighted by Crippen LogP contribution is -2.11. The molecule has 1 aromatic rings. The highest BCUT2D eigenvalue weighted by molar-refractivity contribution is 5.62. The third kappa shape index (κ3) is 4.09. The van der Waals surface area contributed by atoms with Crippen LogP contribution in [0.3, 0.4) is 0 Å². The molecule has 1 rings (SSSR count). The fourth-order valence-electron chi connectivity index (χ4n) is 0.986. The van der Waals surface area contributed by atoms with Crippen molar-refractivity contribution in [2.24, 2.45) is 0 Å². The number of nitrogens with one attached hydrogen (secondary N) is 1. The van der Waals surface area contributed by atoms with E-state index in [4.69, 9.17) is 0 Å². The predicted octanol–water partition coefficient (Wildman–Crippen LogP) is 3.03. The zero-order valence-corrected chi connectivity index (χ0v) is 10.1. The van der Waals surface area contributed by atoms with Gasteiger partial charge in [0.2, 0.25) is 0 Å². The van der Waals surface area contributed by atoms with Crippen molar-refractivity contribution in [1.29, 1.82) is 0 Å². The number of aromatic nitrogens is 2. The van der Waals surface area contributed by atoms with Crippen molar-refractivity contribution in [2.75, 3.05) is 0 Å². The van der Waals surface area contributed by atoms with E-state index >= 15 is 0 Å². The van der Waals surface area contributed by atoms with Crippen molar-refractivity contribution >= 4 is 12.2 Å². The first-order valence-electron chi connectivity index (χ1n) is 5.20. The Morgan fingerprint density at radius 1 is 1.44 bits per heavy atom. The van der Waals surface area contributed by atoms with Crippen LogP contribution in [0.1, 0.15) is 32.0 Å². The molecule has 16 heavy (non-hydrogen) atoms. The molecule has 1 aromatic heterocycles. The first kappa shape index (κ1) is 14.1. The lowest BCUT2D eigenvalue weighted by atomic mass is 10.1. The lowest BCUT2D eigenvalue weighted by Gasteiger charge is -1.99. The number of nitrogens with zero attached hydrogens (tertiary/aromatic N) is 1.